The summed E-state index contributed by atoms with van der Waals surface area (Å²) in [6.45, 7) is -0.250. The third-order valence-electron chi connectivity index (χ3n) is 4.82. The van der Waals surface area contributed by atoms with Gasteiger partial charge in [0.05, 0.1) is 7.11 Å². The topological polar surface area (TPSA) is 49.8 Å². The van der Waals surface area contributed by atoms with Crippen molar-refractivity contribution in [2.24, 2.45) is 5.92 Å². The second-order valence-electron chi connectivity index (χ2n) is 6.56. The van der Waals surface area contributed by atoms with Gasteiger partial charge in [-0.3, -0.25) is 4.79 Å². The zero-order valence-electron chi connectivity index (χ0n) is 15.2. The van der Waals surface area contributed by atoms with Crippen LogP contribution in [0.3, 0.4) is 0 Å². The lowest BCUT2D eigenvalue weighted by molar-refractivity contribution is -0.122. The highest BCUT2D eigenvalue weighted by molar-refractivity contribution is 5.38. The van der Waals surface area contributed by atoms with Gasteiger partial charge in [0.25, 0.3) is 6.47 Å². The van der Waals surface area contributed by atoms with Crippen LogP contribution in [0.1, 0.15) is 29.2 Å². The van der Waals surface area contributed by atoms with Gasteiger partial charge in [-0.1, -0.05) is 36.4 Å². The molecule has 1 N–H and O–H groups in total. The van der Waals surface area contributed by atoms with Crippen LogP contribution in [0.4, 0.5) is 0 Å². The van der Waals surface area contributed by atoms with Gasteiger partial charge in [0.15, 0.2) is 0 Å². The van der Waals surface area contributed by atoms with Crippen molar-refractivity contribution in [2.45, 2.75) is 25.3 Å². The predicted octanol–water partition coefficient (Wildman–Crippen LogP) is 3.80. The van der Waals surface area contributed by atoms with Crippen molar-refractivity contribution in [3.63, 3.8) is 0 Å². The Morgan fingerprint density at radius 3 is 2.44 bits per heavy atom. The molecule has 0 saturated carbocycles. The first-order valence-corrected chi connectivity index (χ1v) is 8.55. The minimum absolute atomic E-state index is 0.250. The van der Waals surface area contributed by atoms with Crippen molar-refractivity contribution in [1.29, 1.82) is 0 Å². The van der Waals surface area contributed by atoms with E-state index in [-0.39, 0.29) is 6.47 Å². The van der Waals surface area contributed by atoms with Gasteiger partial charge >= 0.3 is 0 Å². The van der Waals surface area contributed by atoms with E-state index in [1.54, 1.807) is 7.11 Å². The first-order valence-electron chi connectivity index (χ1n) is 8.55. The Bertz CT molecular complexity index is 670. The van der Waals surface area contributed by atoms with Gasteiger partial charge in [-0.05, 0) is 68.1 Å². The van der Waals surface area contributed by atoms with E-state index in [0.29, 0.717) is 12.0 Å². The molecule has 0 fully saturated rings. The smallest absolute Gasteiger partial charge is 0.290 e. The standard InChI is InChI=1S/C20H25NO.CH2O2/c1-21(2)20(15-7-5-4-6-8-15)18-10-9-17-14-19(22-3)12-11-16(17)13-18;2-1-3/h4-8,11-12,14,18,20H,9-10,13H2,1-3H3;1H,(H,2,3). The van der Waals surface area contributed by atoms with Crippen molar-refractivity contribution in [3.8, 4) is 5.75 Å². The summed E-state index contributed by atoms with van der Waals surface area (Å²) >= 11 is 0. The van der Waals surface area contributed by atoms with Gasteiger partial charge in [-0.2, -0.15) is 0 Å². The fourth-order valence-corrected chi connectivity index (χ4v) is 3.80. The van der Waals surface area contributed by atoms with Crippen LogP contribution in [-0.4, -0.2) is 37.7 Å². The van der Waals surface area contributed by atoms with Crippen LogP contribution in [0.2, 0.25) is 0 Å². The summed E-state index contributed by atoms with van der Waals surface area (Å²) in [7, 11) is 6.13. The largest absolute Gasteiger partial charge is 0.497 e. The number of rotatable bonds is 4. The molecule has 2 unspecified atom stereocenters. The summed E-state index contributed by atoms with van der Waals surface area (Å²) < 4.78 is 5.35. The molecule has 1 aliphatic rings. The number of carbonyl (C=O) groups is 1. The lowest BCUT2D eigenvalue weighted by Gasteiger charge is -2.36. The maximum atomic E-state index is 8.36. The molecule has 1 aliphatic carbocycles. The number of aryl methyl sites for hydroxylation is 1. The monoisotopic (exact) mass is 341 g/mol. The van der Waals surface area contributed by atoms with Crippen molar-refractivity contribution in [2.75, 3.05) is 21.2 Å². The number of nitrogens with zero attached hydrogens (tertiary/aromatic N) is 1. The molecule has 4 heteroatoms. The third-order valence-corrected chi connectivity index (χ3v) is 4.82. The van der Waals surface area contributed by atoms with E-state index in [0.717, 1.165) is 18.6 Å². The minimum atomic E-state index is -0.250. The molecule has 134 valence electrons. The number of methoxy groups -OCH3 is 1. The summed E-state index contributed by atoms with van der Waals surface area (Å²) in [6, 6.07) is 17.9. The van der Waals surface area contributed by atoms with Crippen molar-refractivity contribution in [3.05, 3.63) is 65.2 Å². The Balaban J connectivity index is 0.000000701. The number of ether oxygens (including phenoxy) is 1. The Hall–Kier alpha value is -2.33. The van der Waals surface area contributed by atoms with E-state index < -0.39 is 0 Å². The van der Waals surface area contributed by atoms with Crippen molar-refractivity contribution in [1.82, 2.24) is 4.90 Å². The Kier molecular flexibility index (Phi) is 7.02. The van der Waals surface area contributed by atoms with E-state index >= 15 is 0 Å². The highest BCUT2D eigenvalue weighted by Crippen LogP contribution is 2.37. The minimum Gasteiger partial charge on any atom is -0.497 e. The molecule has 4 nitrogen and oxygen atoms in total. The molecule has 0 bridgehead atoms. The molecule has 2 atom stereocenters. The first-order chi connectivity index (χ1) is 12.1. The van der Waals surface area contributed by atoms with Crippen molar-refractivity contribution >= 4 is 6.47 Å². The van der Waals surface area contributed by atoms with Gasteiger partial charge in [0, 0.05) is 6.04 Å². The van der Waals surface area contributed by atoms with Crippen LogP contribution >= 0.6 is 0 Å². The summed E-state index contributed by atoms with van der Waals surface area (Å²) in [5.41, 5.74) is 4.37. The molecule has 2 aromatic carbocycles. The van der Waals surface area contributed by atoms with E-state index in [2.05, 4.69) is 67.5 Å². The number of hydrogen-bond donors (Lipinski definition) is 1. The van der Waals surface area contributed by atoms with Crippen LogP contribution in [0.25, 0.3) is 0 Å². The average Bonchev–Trinajstić information content (AvgIpc) is 2.62. The number of hydrogen-bond acceptors (Lipinski definition) is 3. The van der Waals surface area contributed by atoms with E-state index in [9.17, 15) is 0 Å². The molecule has 0 amide bonds. The summed E-state index contributed by atoms with van der Waals surface area (Å²) in [4.78, 5) is 10.7. The van der Waals surface area contributed by atoms with Crippen LogP contribution in [0.5, 0.6) is 5.75 Å². The van der Waals surface area contributed by atoms with Gasteiger partial charge < -0.3 is 14.7 Å². The highest BCUT2D eigenvalue weighted by Gasteiger charge is 2.28. The average molecular weight is 341 g/mol. The Labute approximate surface area is 150 Å². The van der Waals surface area contributed by atoms with Crippen LogP contribution in [0, 0.1) is 5.92 Å². The Morgan fingerprint density at radius 2 is 1.84 bits per heavy atom. The molecule has 2 aromatic rings. The predicted molar refractivity (Wildman–Crippen MR) is 100 cm³/mol. The molecular formula is C21H27NO3. The molecule has 0 saturated heterocycles. The summed E-state index contributed by atoms with van der Waals surface area (Å²) in [6.07, 6.45) is 3.53. The fourth-order valence-electron chi connectivity index (χ4n) is 3.80. The van der Waals surface area contributed by atoms with Gasteiger partial charge in [0.2, 0.25) is 0 Å². The van der Waals surface area contributed by atoms with Crippen molar-refractivity contribution < 1.29 is 14.6 Å². The lowest BCUT2D eigenvalue weighted by Crippen LogP contribution is -2.31. The second-order valence-corrected chi connectivity index (χ2v) is 6.56. The van der Waals surface area contributed by atoms with Crippen LogP contribution in [0.15, 0.2) is 48.5 Å². The molecular weight excluding hydrogens is 314 g/mol. The quantitative estimate of drug-likeness (QED) is 0.859. The lowest BCUT2D eigenvalue weighted by atomic mass is 9.77. The molecule has 0 heterocycles. The first kappa shape index (κ1) is 19.0. The number of fused-ring (bicyclic) bond motifs is 1. The normalized spacial score (nSPS) is 17.0. The maximum Gasteiger partial charge on any atom is 0.290 e. The number of carboxylic acid groups (broad SMARTS) is 1. The SMILES string of the molecule is COc1ccc2c(c1)CCC(C(c1ccccc1)N(C)C)C2.O=CO. The summed E-state index contributed by atoms with van der Waals surface area (Å²) in [5, 5.41) is 6.89. The highest BCUT2D eigenvalue weighted by atomic mass is 16.5. The molecule has 25 heavy (non-hydrogen) atoms. The van der Waals surface area contributed by atoms with Gasteiger partial charge in [0.1, 0.15) is 5.75 Å². The molecule has 0 radical (unpaired) electrons. The van der Waals surface area contributed by atoms with Crippen LogP contribution in [-0.2, 0) is 17.6 Å². The zero-order chi connectivity index (χ0) is 18.2. The van der Waals surface area contributed by atoms with E-state index in [4.69, 9.17) is 14.6 Å². The van der Waals surface area contributed by atoms with E-state index in [1.807, 2.05) is 0 Å². The Morgan fingerprint density at radius 1 is 1.16 bits per heavy atom. The zero-order valence-corrected chi connectivity index (χ0v) is 15.2. The molecule has 0 aromatic heterocycles. The van der Waals surface area contributed by atoms with E-state index in [1.165, 1.54) is 23.1 Å². The second kappa shape index (κ2) is 9.23. The number of benzene rings is 2. The molecule has 3 rings (SSSR count). The van der Waals surface area contributed by atoms with Gasteiger partial charge in [-0.15, -0.1) is 0 Å². The van der Waals surface area contributed by atoms with Crippen LogP contribution < -0.4 is 4.74 Å². The third kappa shape index (κ3) is 4.83. The van der Waals surface area contributed by atoms with Gasteiger partial charge in [-0.25, -0.2) is 0 Å². The summed E-state index contributed by atoms with van der Waals surface area (Å²) in [5.74, 6) is 1.64. The fraction of sp³-hybridized carbons (Fsp3) is 0.381. The molecule has 0 spiro atoms. The molecule has 0 aliphatic heterocycles. The maximum absolute atomic E-state index is 8.36.